The van der Waals surface area contributed by atoms with E-state index in [9.17, 15) is 0 Å². The Kier molecular flexibility index (Phi) is 6.05. The van der Waals surface area contributed by atoms with Crippen molar-refractivity contribution in [3.8, 4) is 23.0 Å². The smallest absolute Gasteiger partial charge is 0.158 e. The van der Waals surface area contributed by atoms with Gasteiger partial charge in [-0.05, 0) is 54.4 Å². The van der Waals surface area contributed by atoms with Gasteiger partial charge in [0.1, 0.15) is 17.2 Å². The topological polar surface area (TPSA) is 52.4 Å². The van der Waals surface area contributed by atoms with E-state index in [-0.39, 0.29) is 0 Å². The van der Waals surface area contributed by atoms with Crippen LogP contribution >= 0.6 is 15.9 Å². The summed E-state index contributed by atoms with van der Waals surface area (Å²) in [6, 6.07) is 18.5. The number of pyridine rings is 1. The zero-order valence-electron chi connectivity index (χ0n) is 18.6. The van der Waals surface area contributed by atoms with E-state index >= 15 is 0 Å². The second-order valence-corrected chi connectivity index (χ2v) is 8.99. The number of anilines is 2. The summed E-state index contributed by atoms with van der Waals surface area (Å²) < 4.78 is 14.5. The first kappa shape index (κ1) is 21.5. The molecule has 0 spiro atoms. The van der Waals surface area contributed by atoms with Crippen LogP contribution in [0.2, 0.25) is 0 Å². The molecular weight excluding hydrogens is 480 g/mol. The quantitative estimate of drug-likeness (QED) is 0.319. The Bertz CT molecular complexity index is 1260. The molecule has 1 aliphatic rings. The summed E-state index contributed by atoms with van der Waals surface area (Å²) in [6.07, 6.45) is 6.62. The Morgan fingerprint density at radius 2 is 1.88 bits per heavy atom. The maximum Gasteiger partial charge on any atom is 0.158 e. The lowest BCUT2D eigenvalue weighted by Gasteiger charge is -2.28. The number of hydrogen-bond donors (Lipinski definition) is 0. The molecule has 1 aliphatic heterocycles. The Hall–Kier alpha value is -3.32. The lowest BCUT2D eigenvalue weighted by molar-refractivity contribution is 0.259. The fourth-order valence-corrected chi connectivity index (χ4v) is 4.59. The van der Waals surface area contributed by atoms with E-state index in [2.05, 4.69) is 72.7 Å². The number of methoxy groups -OCH3 is 1. The number of benzene rings is 2. The highest BCUT2D eigenvalue weighted by atomic mass is 79.9. The van der Waals surface area contributed by atoms with Crippen molar-refractivity contribution in [3.05, 3.63) is 83.2 Å². The molecule has 0 aliphatic carbocycles. The fraction of sp³-hybridized carbons (Fsp3) is 0.231. The first-order valence-electron chi connectivity index (χ1n) is 10.9. The molecule has 0 bridgehead atoms. The van der Waals surface area contributed by atoms with Crippen molar-refractivity contribution >= 4 is 27.3 Å². The van der Waals surface area contributed by atoms with Crippen LogP contribution in [0.4, 0.5) is 11.4 Å². The largest absolute Gasteiger partial charge is 0.497 e. The summed E-state index contributed by atoms with van der Waals surface area (Å²) in [7, 11) is 3.74. The molecule has 2 aromatic carbocycles. The number of fused-ring (bicyclic) bond motifs is 1. The van der Waals surface area contributed by atoms with Gasteiger partial charge in [-0.2, -0.15) is 0 Å². The molecule has 0 saturated heterocycles. The first-order valence-corrected chi connectivity index (χ1v) is 11.7. The van der Waals surface area contributed by atoms with Crippen molar-refractivity contribution < 1.29 is 9.47 Å². The predicted octanol–water partition coefficient (Wildman–Crippen LogP) is 6.05. The van der Waals surface area contributed by atoms with Crippen molar-refractivity contribution in [1.29, 1.82) is 0 Å². The highest BCUT2D eigenvalue weighted by molar-refractivity contribution is 9.10. The maximum atomic E-state index is 6.08. The Morgan fingerprint density at radius 1 is 1.06 bits per heavy atom. The Labute approximate surface area is 201 Å². The van der Waals surface area contributed by atoms with Crippen LogP contribution in [-0.2, 0) is 6.54 Å². The van der Waals surface area contributed by atoms with Gasteiger partial charge in [0.2, 0.25) is 0 Å². The average Bonchev–Trinajstić information content (AvgIpc) is 3.32. The maximum absolute atomic E-state index is 6.08. The molecule has 2 aromatic heterocycles. The molecule has 4 aromatic rings. The average molecular weight is 505 g/mol. The van der Waals surface area contributed by atoms with Crippen LogP contribution in [0.1, 0.15) is 17.9 Å². The molecule has 0 fully saturated rings. The predicted molar refractivity (Wildman–Crippen MR) is 134 cm³/mol. The van der Waals surface area contributed by atoms with Gasteiger partial charge in [0.15, 0.2) is 5.82 Å². The van der Waals surface area contributed by atoms with Crippen LogP contribution in [0.5, 0.6) is 11.5 Å². The van der Waals surface area contributed by atoms with E-state index in [4.69, 9.17) is 9.47 Å². The molecule has 7 heteroatoms. The lowest BCUT2D eigenvalue weighted by atomic mass is 9.92. The number of ether oxygens (including phenoxy) is 2. The highest BCUT2D eigenvalue weighted by Gasteiger charge is 2.24. The van der Waals surface area contributed by atoms with Crippen LogP contribution < -0.4 is 14.4 Å². The monoisotopic (exact) mass is 504 g/mol. The fourth-order valence-electron chi connectivity index (χ4n) is 4.26. The van der Waals surface area contributed by atoms with Crippen LogP contribution in [-0.4, -0.2) is 35.3 Å². The molecule has 168 valence electrons. The van der Waals surface area contributed by atoms with Crippen molar-refractivity contribution in [2.45, 2.75) is 18.9 Å². The Morgan fingerprint density at radius 3 is 2.67 bits per heavy atom. The van der Waals surface area contributed by atoms with E-state index in [0.717, 1.165) is 51.8 Å². The first-order chi connectivity index (χ1) is 16.1. The summed E-state index contributed by atoms with van der Waals surface area (Å²) in [5, 5.41) is 0. The second kappa shape index (κ2) is 9.27. The summed E-state index contributed by atoms with van der Waals surface area (Å²) in [5.41, 5.74) is 4.27. The van der Waals surface area contributed by atoms with Crippen LogP contribution in [0.25, 0.3) is 11.5 Å². The van der Waals surface area contributed by atoms with Gasteiger partial charge in [-0.1, -0.05) is 22.0 Å². The summed E-state index contributed by atoms with van der Waals surface area (Å²) in [6.45, 7) is 1.53. The van der Waals surface area contributed by atoms with E-state index in [0.29, 0.717) is 12.5 Å². The summed E-state index contributed by atoms with van der Waals surface area (Å²) in [5.74, 6) is 3.02. The molecule has 33 heavy (non-hydrogen) atoms. The van der Waals surface area contributed by atoms with Crippen molar-refractivity contribution in [1.82, 2.24) is 14.5 Å². The lowest BCUT2D eigenvalue weighted by Crippen LogP contribution is -2.19. The number of nitrogens with zero attached hydrogens (tertiary/aromatic N) is 4. The summed E-state index contributed by atoms with van der Waals surface area (Å²) in [4.78, 5) is 11.2. The van der Waals surface area contributed by atoms with Gasteiger partial charge in [-0.15, -0.1) is 0 Å². The van der Waals surface area contributed by atoms with E-state index in [1.54, 1.807) is 13.3 Å². The molecule has 0 saturated carbocycles. The van der Waals surface area contributed by atoms with Gasteiger partial charge >= 0.3 is 0 Å². The van der Waals surface area contributed by atoms with Crippen LogP contribution in [0.3, 0.4) is 0 Å². The molecule has 1 atom stereocenters. The zero-order chi connectivity index (χ0) is 22.8. The minimum atomic E-state index is 0.342. The highest BCUT2D eigenvalue weighted by Crippen LogP contribution is 2.39. The van der Waals surface area contributed by atoms with Gasteiger partial charge < -0.3 is 18.9 Å². The molecule has 0 N–H and O–H groups in total. The van der Waals surface area contributed by atoms with Crippen molar-refractivity contribution in [2.24, 2.45) is 0 Å². The third-order valence-electron chi connectivity index (χ3n) is 6.09. The number of imidazole rings is 1. The van der Waals surface area contributed by atoms with Crippen LogP contribution in [0.15, 0.2) is 77.7 Å². The minimum Gasteiger partial charge on any atom is -0.497 e. The molecule has 1 unspecified atom stereocenters. The number of hydrogen-bond acceptors (Lipinski definition) is 5. The van der Waals surface area contributed by atoms with Gasteiger partial charge in [0.25, 0.3) is 0 Å². The standard InChI is InChI=1S/C26H25BrN4O2/c1-30(20-3-6-22(32-2)7-4-20)21-5-8-23-18(10-14-33-25(23)16-21)17-31-13-12-29-26(31)24-15-19(27)9-11-28-24/h3-9,11-13,15-16,18H,10,14,17H2,1-2H3. The molecule has 5 rings (SSSR count). The van der Waals surface area contributed by atoms with Gasteiger partial charge in [0.05, 0.1) is 13.7 Å². The molecule has 0 amide bonds. The van der Waals surface area contributed by atoms with Crippen molar-refractivity contribution in [3.63, 3.8) is 0 Å². The van der Waals surface area contributed by atoms with E-state index in [1.165, 1.54) is 5.56 Å². The molecule has 3 heterocycles. The zero-order valence-corrected chi connectivity index (χ0v) is 20.2. The number of aromatic nitrogens is 3. The minimum absolute atomic E-state index is 0.342. The van der Waals surface area contributed by atoms with Gasteiger partial charge in [-0.3, -0.25) is 4.98 Å². The molecular formula is C26H25BrN4O2. The second-order valence-electron chi connectivity index (χ2n) is 8.08. The van der Waals surface area contributed by atoms with Crippen LogP contribution in [0, 0.1) is 0 Å². The number of rotatable bonds is 6. The SMILES string of the molecule is COc1ccc(N(C)c2ccc3c(c2)OCCC3Cn2ccnc2-c2cc(Br)ccn2)cc1. The van der Waals surface area contributed by atoms with Crippen molar-refractivity contribution in [2.75, 3.05) is 25.7 Å². The summed E-state index contributed by atoms with van der Waals surface area (Å²) >= 11 is 3.53. The third kappa shape index (κ3) is 4.46. The normalized spacial score (nSPS) is 14.9. The number of halogens is 1. The van der Waals surface area contributed by atoms with Gasteiger partial charge in [0, 0.05) is 60.0 Å². The Balaban J connectivity index is 1.39. The third-order valence-corrected chi connectivity index (χ3v) is 6.58. The van der Waals surface area contributed by atoms with E-state index in [1.807, 2.05) is 36.7 Å². The van der Waals surface area contributed by atoms with Gasteiger partial charge in [-0.25, -0.2) is 4.98 Å². The molecule has 6 nitrogen and oxygen atoms in total. The molecule has 0 radical (unpaired) electrons. The van der Waals surface area contributed by atoms with E-state index < -0.39 is 0 Å².